The Morgan fingerprint density at radius 2 is 2.19 bits per heavy atom. The van der Waals surface area contributed by atoms with Gasteiger partial charge < -0.3 is 10.6 Å². The Morgan fingerprint density at radius 3 is 2.90 bits per heavy atom. The molecule has 0 spiro atoms. The molecular weight excluding hydrogens is 398 g/mol. The molecule has 1 aliphatic rings. The second kappa shape index (κ2) is 6.06. The molecule has 0 saturated carbocycles. The molecule has 1 aliphatic heterocycles. The number of hydrogen-bond acceptors (Lipinski definition) is 4. The van der Waals surface area contributed by atoms with E-state index < -0.39 is 0 Å². The van der Waals surface area contributed by atoms with Crippen molar-refractivity contribution in [2.45, 2.75) is 19.4 Å². The van der Waals surface area contributed by atoms with Gasteiger partial charge in [-0.3, -0.25) is 5.10 Å². The fraction of sp³-hybridized carbons (Fsp3) is 0.429. The highest BCUT2D eigenvalue weighted by Crippen LogP contribution is 2.30. The number of benzene rings is 1. The number of nitrogens with one attached hydrogen (secondary N) is 1. The molecule has 1 fully saturated rings. The van der Waals surface area contributed by atoms with E-state index in [2.05, 4.69) is 58.9 Å². The average molecular weight is 415 g/mol. The van der Waals surface area contributed by atoms with Gasteiger partial charge in [-0.25, -0.2) is 0 Å². The van der Waals surface area contributed by atoms with Crippen LogP contribution in [0.4, 0.5) is 5.95 Å². The molecule has 1 aromatic heterocycles. The van der Waals surface area contributed by atoms with Crippen LogP contribution in [-0.4, -0.2) is 34.3 Å². The molecule has 0 aliphatic carbocycles. The van der Waals surface area contributed by atoms with Crippen LogP contribution in [0.2, 0.25) is 0 Å². The number of anilines is 1. The number of H-pyrrole nitrogens is 1. The van der Waals surface area contributed by atoms with Crippen LogP contribution >= 0.6 is 31.9 Å². The molecule has 21 heavy (non-hydrogen) atoms. The molecule has 5 nitrogen and oxygen atoms in total. The molecule has 0 amide bonds. The highest BCUT2D eigenvalue weighted by atomic mass is 79.9. The van der Waals surface area contributed by atoms with Gasteiger partial charge in [0.1, 0.15) is 0 Å². The van der Waals surface area contributed by atoms with E-state index in [-0.39, 0.29) is 6.04 Å². The van der Waals surface area contributed by atoms with Crippen molar-refractivity contribution in [3.8, 4) is 11.4 Å². The summed E-state index contributed by atoms with van der Waals surface area (Å²) in [5.41, 5.74) is 7.14. The molecule has 7 heteroatoms. The maximum Gasteiger partial charge on any atom is 0.245 e. The minimum absolute atomic E-state index is 0.181. The van der Waals surface area contributed by atoms with E-state index in [9.17, 15) is 0 Å². The monoisotopic (exact) mass is 413 g/mol. The van der Waals surface area contributed by atoms with Crippen LogP contribution in [0.5, 0.6) is 0 Å². The summed E-state index contributed by atoms with van der Waals surface area (Å²) in [6.07, 6.45) is 1.08. The summed E-state index contributed by atoms with van der Waals surface area (Å²) < 4.78 is 2.00. The van der Waals surface area contributed by atoms with Crippen LogP contribution in [0.1, 0.15) is 13.3 Å². The highest BCUT2D eigenvalue weighted by molar-refractivity contribution is 9.11. The van der Waals surface area contributed by atoms with Gasteiger partial charge in [0.05, 0.1) is 0 Å². The van der Waals surface area contributed by atoms with Gasteiger partial charge in [0.25, 0.3) is 0 Å². The summed E-state index contributed by atoms with van der Waals surface area (Å²) in [5.74, 6) is 2.04. The van der Waals surface area contributed by atoms with E-state index in [1.165, 1.54) is 0 Å². The van der Waals surface area contributed by atoms with Gasteiger partial charge in [-0.2, -0.15) is 4.98 Å². The maximum absolute atomic E-state index is 6.14. The molecule has 1 saturated heterocycles. The minimum Gasteiger partial charge on any atom is -0.338 e. The van der Waals surface area contributed by atoms with Gasteiger partial charge in [-0.05, 0) is 46.5 Å². The van der Waals surface area contributed by atoms with Gasteiger partial charge in [0.15, 0.2) is 5.82 Å². The van der Waals surface area contributed by atoms with E-state index in [0.717, 1.165) is 45.8 Å². The standard InChI is InChI=1S/C14H17Br2N5/c1-8-4-5-21(7-12(8)17)14-18-13(19-20-14)10-3-2-9(15)6-11(10)16/h2-3,6,8,12H,4-5,7,17H2,1H3,(H,18,19,20). The third kappa shape index (κ3) is 3.14. The van der Waals surface area contributed by atoms with Crippen LogP contribution in [-0.2, 0) is 0 Å². The molecule has 2 aromatic rings. The quantitative estimate of drug-likeness (QED) is 0.791. The Bertz CT molecular complexity index is 642. The van der Waals surface area contributed by atoms with Gasteiger partial charge >= 0.3 is 0 Å². The first kappa shape index (κ1) is 15.0. The van der Waals surface area contributed by atoms with Gasteiger partial charge in [0, 0.05) is 33.6 Å². The number of rotatable bonds is 2. The van der Waals surface area contributed by atoms with E-state index >= 15 is 0 Å². The van der Waals surface area contributed by atoms with Crippen LogP contribution in [0.15, 0.2) is 27.1 Å². The second-order valence-corrected chi connectivity index (χ2v) is 7.25. The van der Waals surface area contributed by atoms with Crippen LogP contribution in [0, 0.1) is 5.92 Å². The lowest BCUT2D eigenvalue weighted by Gasteiger charge is -2.34. The summed E-state index contributed by atoms with van der Waals surface area (Å²) >= 11 is 7.01. The number of aromatic nitrogens is 3. The van der Waals surface area contributed by atoms with E-state index in [1.807, 2.05) is 18.2 Å². The molecule has 2 atom stereocenters. The fourth-order valence-corrected chi connectivity index (χ4v) is 3.71. The smallest absolute Gasteiger partial charge is 0.245 e. The topological polar surface area (TPSA) is 70.8 Å². The molecule has 0 bridgehead atoms. The predicted molar refractivity (Wildman–Crippen MR) is 91.2 cm³/mol. The first-order valence-electron chi connectivity index (χ1n) is 6.93. The summed E-state index contributed by atoms with van der Waals surface area (Å²) in [7, 11) is 0. The van der Waals surface area contributed by atoms with Crippen molar-refractivity contribution in [3.05, 3.63) is 27.1 Å². The molecular formula is C14H17Br2N5. The lowest BCUT2D eigenvalue weighted by Crippen LogP contribution is -2.48. The van der Waals surface area contributed by atoms with Gasteiger partial charge in [0.2, 0.25) is 5.95 Å². The number of nitrogens with two attached hydrogens (primary N) is 1. The van der Waals surface area contributed by atoms with Crippen molar-refractivity contribution in [2.24, 2.45) is 11.7 Å². The predicted octanol–water partition coefficient (Wildman–Crippen LogP) is 3.17. The van der Waals surface area contributed by atoms with E-state index in [4.69, 9.17) is 5.73 Å². The Labute approximate surface area is 140 Å². The zero-order valence-corrected chi connectivity index (χ0v) is 14.9. The molecule has 2 unspecified atom stereocenters. The van der Waals surface area contributed by atoms with Gasteiger partial charge in [-0.1, -0.05) is 22.9 Å². The summed E-state index contributed by atoms with van der Waals surface area (Å²) in [4.78, 5) is 6.76. The Balaban J connectivity index is 1.83. The first-order valence-corrected chi connectivity index (χ1v) is 8.51. The molecule has 2 heterocycles. The molecule has 3 N–H and O–H groups in total. The third-order valence-corrected chi connectivity index (χ3v) is 5.11. The average Bonchev–Trinajstić information content (AvgIpc) is 2.91. The van der Waals surface area contributed by atoms with Crippen molar-refractivity contribution in [1.82, 2.24) is 15.2 Å². The fourth-order valence-electron chi connectivity index (χ4n) is 2.48. The molecule has 1 aromatic carbocycles. The summed E-state index contributed by atoms with van der Waals surface area (Å²) in [5, 5.41) is 7.36. The number of hydrogen-bond donors (Lipinski definition) is 2. The number of piperidine rings is 1. The van der Waals surface area contributed by atoms with Crippen molar-refractivity contribution < 1.29 is 0 Å². The lowest BCUT2D eigenvalue weighted by molar-refractivity contribution is 0.376. The highest BCUT2D eigenvalue weighted by Gasteiger charge is 2.25. The maximum atomic E-state index is 6.14. The number of halogens is 2. The van der Waals surface area contributed by atoms with Crippen LogP contribution in [0.3, 0.4) is 0 Å². The molecule has 112 valence electrons. The third-order valence-electron chi connectivity index (χ3n) is 3.96. The molecule has 3 rings (SSSR count). The summed E-state index contributed by atoms with van der Waals surface area (Å²) in [6.45, 7) is 3.96. The van der Waals surface area contributed by atoms with Crippen molar-refractivity contribution >= 4 is 37.8 Å². The van der Waals surface area contributed by atoms with Gasteiger partial charge in [-0.15, -0.1) is 5.10 Å². The first-order chi connectivity index (χ1) is 10.0. The second-order valence-electron chi connectivity index (χ2n) is 5.48. The number of aromatic amines is 1. The zero-order valence-electron chi connectivity index (χ0n) is 11.7. The van der Waals surface area contributed by atoms with Crippen molar-refractivity contribution in [2.75, 3.05) is 18.0 Å². The van der Waals surface area contributed by atoms with E-state index in [1.54, 1.807) is 0 Å². The zero-order chi connectivity index (χ0) is 15.0. The number of nitrogens with zero attached hydrogens (tertiary/aromatic N) is 3. The Hall–Kier alpha value is -0.920. The Morgan fingerprint density at radius 1 is 1.38 bits per heavy atom. The summed E-state index contributed by atoms with van der Waals surface area (Å²) in [6, 6.07) is 6.17. The largest absolute Gasteiger partial charge is 0.338 e. The SMILES string of the molecule is CC1CCN(c2n[nH]c(-c3ccc(Br)cc3Br)n2)CC1N. The lowest BCUT2D eigenvalue weighted by atomic mass is 9.95. The molecule has 0 radical (unpaired) electrons. The van der Waals surface area contributed by atoms with Crippen molar-refractivity contribution in [1.29, 1.82) is 0 Å². The van der Waals surface area contributed by atoms with E-state index in [0.29, 0.717) is 5.92 Å². The van der Waals surface area contributed by atoms with Crippen molar-refractivity contribution in [3.63, 3.8) is 0 Å². The van der Waals surface area contributed by atoms with Crippen LogP contribution < -0.4 is 10.6 Å². The minimum atomic E-state index is 0.181. The normalized spacial score (nSPS) is 22.6. The van der Waals surface area contributed by atoms with Crippen LogP contribution in [0.25, 0.3) is 11.4 Å². The Kier molecular flexibility index (Phi) is 4.33.